The van der Waals surface area contributed by atoms with Crippen LogP contribution in [0.2, 0.25) is 0 Å². The highest BCUT2D eigenvalue weighted by atomic mass is 79.9. The first-order valence-corrected chi connectivity index (χ1v) is 7.00. The van der Waals surface area contributed by atoms with Crippen LogP contribution in [0.3, 0.4) is 0 Å². The van der Waals surface area contributed by atoms with Gasteiger partial charge in [0.15, 0.2) is 0 Å². The molecule has 1 heterocycles. The van der Waals surface area contributed by atoms with Gasteiger partial charge in [-0.2, -0.15) is 11.3 Å². The smallest absolute Gasteiger partial charge is 0.0354 e. The normalized spacial score (nSPS) is 10.4. The van der Waals surface area contributed by atoms with Gasteiger partial charge in [0, 0.05) is 16.7 Å². The third kappa shape index (κ3) is 3.35. The SMILES string of the molecule is Cc1cc(Br)cc(NCCc2ccsc2)c1. The molecular weight excluding hydrogens is 282 g/mol. The molecule has 0 unspecified atom stereocenters. The lowest BCUT2D eigenvalue weighted by molar-refractivity contribution is 1.03. The number of hydrogen-bond acceptors (Lipinski definition) is 2. The average Bonchev–Trinajstić information content (AvgIpc) is 2.69. The predicted octanol–water partition coefficient (Wildman–Crippen LogP) is 4.47. The molecule has 1 aromatic carbocycles. The van der Waals surface area contributed by atoms with E-state index in [2.05, 4.69) is 63.2 Å². The van der Waals surface area contributed by atoms with Crippen molar-refractivity contribution in [3.05, 3.63) is 50.6 Å². The second kappa shape index (κ2) is 5.51. The molecule has 3 heteroatoms. The molecule has 0 spiro atoms. The highest BCUT2D eigenvalue weighted by Crippen LogP contribution is 2.19. The molecule has 0 aliphatic heterocycles. The van der Waals surface area contributed by atoms with Crippen LogP contribution in [-0.4, -0.2) is 6.54 Å². The van der Waals surface area contributed by atoms with Gasteiger partial charge in [-0.1, -0.05) is 15.9 Å². The van der Waals surface area contributed by atoms with E-state index in [4.69, 9.17) is 0 Å². The Morgan fingerprint density at radius 1 is 1.31 bits per heavy atom. The minimum Gasteiger partial charge on any atom is -0.385 e. The summed E-state index contributed by atoms with van der Waals surface area (Å²) in [5, 5.41) is 7.77. The van der Waals surface area contributed by atoms with Crippen molar-refractivity contribution in [1.29, 1.82) is 0 Å². The third-order valence-electron chi connectivity index (χ3n) is 2.37. The molecule has 0 atom stereocenters. The lowest BCUT2D eigenvalue weighted by atomic mass is 10.2. The molecule has 0 fully saturated rings. The van der Waals surface area contributed by atoms with Crippen molar-refractivity contribution in [1.82, 2.24) is 0 Å². The highest BCUT2D eigenvalue weighted by Gasteiger charge is 1.97. The zero-order valence-corrected chi connectivity index (χ0v) is 11.6. The second-order valence-electron chi connectivity index (χ2n) is 3.83. The Morgan fingerprint density at radius 3 is 2.88 bits per heavy atom. The Hall–Kier alpha value is -0.800. The van der Waals surface area contributed by atoms with Gasteiger partial charge in [0.05, 0.1) is 0 Å². The van der Waals surface area contributed by atoms with Crippen molar-refractivity contribution < 1.29 is 0 Å². The van der Waals surface area contributed by atoms with Gasteiger partial charge in [-0.05, 0) is 59.5 Å². The van der Waals surface area contributed by atoms with Gasteiger partial charge in [-0.15, -0.1) is 0 Å². The number of benzene rings is 1. The predicted molar refractivity (Wildman–Crippen MR) is 75.4 cm³/mol. The fourth-order valence-electron chi connectivity index (χ4n) is 1.62. The van der Waals surface area contributed by atoms with Gasteiger partial charge in [0.2, 0.25) is 0 Å². The van der Waals surface area contributed by atoms with E-state index >= 15 is 0 Å². The van der Waals surface area contributed by atoms with Crippen molar-refractivity contribution in [2.75, 3.05) is 11.9 Å². The summed E-state index contributed by atoms with van der Waals surface area (Å²) in [6.07, 6.45) is 1.08. The molecular formula is C13H14BrNS. The molecule has 1 aromatic heterocycles. The van der Waals surface area contributed by atoms with Crippen molar-refractivity contribution in [3.63, 3.8) is 0 Å². The standard InChI is InChI=1S/C13H14BrNS/c1-10-6-12(14)8-13(7-10)15-4-2-11-3-5-16-9-11/h3,5-9,15H,2,4H2,1H3. The van der Waals surface area contributed by atoms with Crippen LogP contribution in [-0.2, 0) is 6.42 Å². The minimum atomic E-state index is 0.979. The number of hydrogen-bond donors (Lipinski definition) is 1. The second-order valence-corrected chi connectivity index (χ2v) is 5.52. The summed E-state index contributed by atoms with van der Waals surface area (Å²) in [6.45, 7) is 3.08. The number of aryl methyl sites for hydroxylation is 1. The highest BCUT2D eigenvalue weighted by molar-refractivity contribution is 9.10. The maximum Gasteiger partial charge on any atom is 0.0354 e. The summed E-state index contributed by atoms with van der Waals surface area (Å²) in [6, 6.07) is 8.57. The maximum absolute atomic E-state index is 3.51. The first-order valence-electron chi connectivity index (χ1n) is 5.26. The zero-order chi connectivity index (χ0) is 11.4. The van der Waals surface area contributed by atoms with E-state index in [1.807, 2.05) is 0 Å². The van der Waals surface area contributed by atoms with E-state index < -0.39 is 0 Å². The van der Waals surface area contributed by atoms with Gasteiger partial charge in [0.25, 0.3) is 0 Å². The molecule has 0 amide bonds. The Morgan fingerprint density at radius 2 is 2.19 bits per heavy atom. The van der Waals surface area contributed by atoms with Crippen LogP contribution >= 0.6 is 27.3 Å². The molecule has 84 valence electrons. The molecule has 2 aromatic rings. The van der Waals surface area contributed by atoms with Gasteiger partial charge >= 0.3 is 0 Å². The van der Waals surface area contributed by atoms with Gasteiger partial charge in [0.1, 0.15) is 0 Å². The van der Waals surface area contributed by atoms with Crippen LogP contribution in [0.4, 0.5) is 5.69 Å². The molecule has 16 heavy (non-hydrogen) atoms. The summed E-state index contributed by atoms with van der Waals surface area (Å²) in [4.78, 5) is 0. The zero-order valence-electron chi connectivity index (χ0n) is 9.16. The molecule has 0 saturated heterocycles. The molecule has 0 saturated carbocycles. The maximum atomic E-state index is 3.51. The van der Waals surface area contributed by atoms with E-state index in [1.54, 1.807) is 11.3 Å². The van der Waals surface area contributed by atoms with Crippen LogP contribution in [0, 0.1) is 6.92 Å². The van der Waals surface area contributed by atoms with Gasteiger partial charge in [-0.25, -0.2) is 0 Å². The number of rotatable bonds is 4. The van der Waals surface area contributed by atoms with E-state index in [-0.39, 0.29) is 0 Å². The fourth-order valence-corrected chi connectivity index (χ4v) is 2.94. The van der Waals surface area contributed by atoms with E-state index in [1.165, 1.54) is 16.8 Å². The molecule has 1 N–H and O–H groups in total. The summed E-state index contributed by atoms with van der Waals surface area (Å²) < 4.78 is 1.13. The van der Waals surface area contributed by atoms with Crippen LogP contribution in [0.5, 0.6) is 0 Å². The van der Waals surface area contributed by atoms with Crippen LogP contribution in [0.15, 0.2) is 39.5 Å². The number of halogens is 1. The third-order valence-corrected chi connectivity index (χ3v) is 3.55. The first kappa shape index (κ1) is 11.7. The lowest BCUT2D eigenvalue weighted by Gasteiger charge is -2.07. The number of thiophene rings is 1. The Balaban J connectivity index is 1.89. The summed E-state index contributed by atoms with van der Waals surface area (Å²) in [5.74, 6) is 0. The summed E-state index contributed by atoms with van der Waals surface area (Å²) in [7, 11) is 0. The van der Waals surface area contributed by atoms with E-state index in [0.29, 0.717) is 0 Å². The van der Waals surface area contributed by atoms with Crippen LogP contribution in [0.1, 0.15) is 11.1 Å². The Kier molecular flexibility index (Phi) is 4.02. The Labute approximate surface area is 109 Å². The number of anilines is 1. The quantitative estimate of drug-likeness (QED) is 0.877. The molecule has 0 aliphatic carbocycles. The minimum absolute atomic E-state index is 0.979. The van der Waals surface area contributed by atoms with E-state index in [0.717, 1.165) is 17.4 Å². The molecule has 0 radical (unpaired) electrons. The number of nitrogens with one attached hydrogen (secondary N) is 1. The molecule has 0 aliphatic rings. The topological polar surface area (TPSA) is 12.0 Å². The largest absolute Gasteiger partial charge is 0.385 e. The van der Waals surface area contributed by atoms with Gasteiger partial charge < -0.3 is 5.32 Å². The van der Waals surface area contributed by atoms with Crippen molar-refractivity contribution in [2.45, 2.75) is 13.3 Å². The Bertz CT molecular complexity index is 431. The van der Waals surface area contributed by atoms with Crippen molar-refractivity contribution in [2.24, 2.45) is 0 Å². The summed E-state index contributed by atoms with van der Waals surface area (Å²) in [5.41, 5.74) is 3.86. The molecule has 2 rings (SSSR count). The first-order chi connectivity index (χ1) is 7.74. The van der Waals surface area contributed by atoms with Gasteiger partial charge in [-0.3, -0.25) is 0 Å². The fraction of sp³-hybridized carbons (Fsp3) is 0.231. The van der Waals surface area contributed by atoms with Crippen LogP contribution in [0.25, 0.3) is 0 Å². The van der Waals surface area contributed by atoms with Crippen LogP contribution < -0.4 is 5.32 Å². The monoisotopic (exact) mass is 295 g/mol. The van der Waals surface area contributed by atoms with Crippen molar-refractivity contribution in [3.8, 4) is 0 Å². The molecule has 0 bridgehead atoms. The summed E-state index contributed by atoms with van der Waals surface area (Å²) >= 11 is 5.26. The molecule has 1 nitrogen and oxygen atoms in total. The van der Waals surface area contributed by atoms with E-state index in [9.17, 15) is 0 Å². The lowest BCUT2D eigenvalue weighted by Crippen LogP contribution is -2.04. The van der Waals surface area contributed by atoms with Crippen molar-refractivity contribution >= 4 is 33.0 Å². The average molecular weight is 296 g/mol.